The van der Waals surface area contributed by atoms with E-state index in [-0.39, 0.29) is 36.1 Å². The summed E-state index contributed by atoms with van der Waals surface area (Å²) in [6.45, 7) is 13.0. The van der Waals surface area contributed by atoms with E-state index in [4.69, 9.17) is 4.74 Å². The molecule has 0 saturated heterocycles. The molecule has 0 radical (unpaired) electrons. The van der Waals surface area contributed by atoms with Crippen LogP contribution in [0.4, 0.5) is 4.79 Å². The SMILES string of the molecule is CC[C@@H](C)N(CC(=O)N1CCc2sccc2[C@@H]1COc1ccccc1C)C(=O)NC(C)(C)C. The summed E-state index contributed by atoms with van der Waals surface area (Å²) >= 11 is 1.73. The Morgan fingerprint density at radius 1 is 1.27 bits per heavy atom. The lowest BCUT2D eigenvalue weighted by Crippen LogP contribution is -2.55. The van der Waals surface area contributed by atoms with Crippen LogP contribution in [-0.2, 0) is 11.2 Å². The lowest BCUT2D eigenvalue weighted by molar-refractivity contribution is -0.136. The average Bonchev–Trinajstić information content (AvgIpc) is 3.24. The number of hydrogen-bond acceptors (Lipinski definition) is 4. The highest BCUT2D eigenvalue weighted by atomic mass is 32.1. The van der Waals surface area contributed by atoms with Crippen molar-refractivity contribution in [3.8, 4) is 5.75 Å². The van der Waals surface area contributed by atoms with Gasteiger partial charge in [0.1, 0.15) is 18.9 Å². The van der Waals surface area contributed by atoms with Gasteiger partial charge >= 0.3 is 6.03 Å². The molecule has 7 heteroatoms. The van der Waals surface area contributed by atoms with Gasteiger partial charge in [-0.1, -0.05) is 25.1 Å². The summed E-state index contributed by atoms with van der Waals surface area (Å²) in [5, 5.41) is 5.10. The first-order chi connectivity index (χ1) is 15.6. The Labute approximate surface area is 201 Å². The van der Waals surface area contributed by atoms with Crippen molar-refractivity contribution in [2.45, 2.75) is 72.0 Å². The number of para-hydroxylation sites is 1. The molecule has 1 aromatic heterocycles. The summed E-state index contributed by atoms with van der Waals surface area (Å²) < 4.78 is 6.19. The van der Waals surface area contributed by atoms with Gasteiger partial charge in [0.05, 0.1) is 6.04 Å². The predicted octanol–water partition coefficient (Wildman–Crippen LogP) is 5.17. The molecule has 180 valence electrons. The zero-order chi connectivity index (χ0) is 24.2. The number of aryl methyl sites for hydroxylation is 1. The predicted molar refractivity (Wildman–Crippen MR) is 134 cm³/mol. The molecule has 6 nitrogen and oxygen atoms in total. The number of fused-ring (bicyclic) bond motifs is 1. The third-order valence-electron chi connectivity index (χ3n) is 6.08. The van der Waals surface area contributed by atoms with Crippen molar-refractivity contribution < 1.29 is 14.3 Å². The van der Waals surface area contributed by atoms with Crippen LogP contribution in [0.5, 0.6) is 5.75 Å². The Morgan fingerprint density at radius 2 is 2.00 bits per heavy atom. The number of hydrogen-bond donors (Lipinski definition) is 1. The van der Waals surface area contributed by atoms with Gasteiger partial charge in [0, 0.05) is 23.0 Å². The molecule has 0 spiro atoms. The third-order valence-corrected chi connectivity index (χ3v) is 7.07. The van der Waals surface area contributed by atoms with Crippen molar-refractivity contribution >= 4 is 23.3 Å². The topological polar surface area (TPSA) is 61.9 Å². The molecule has 1 aliphatic heterocycles. The Hall–Kier alpha value is -2.54. The maximum atomic E-state index is 13.6. The molecule has 0 aliphatic carbocycles. The van der Waals surface area contributed by atoms with Crippen molar-refractivity contribution in [3.63, 3.8) is 0 Å². The van der Waals surface area contributed by atoms with Gasteiger partial charge in [-0.3, -0.25) is 4.79 Å². The third kappa shape index (κ3) is 6.28. The number of carbonyl (C=O) groups excluding carboxylic acids is 2. The molecular formula is C26H37N3O3S. The standard InChI is InChI=1S/C26H37N3O3S/c1-7-19(3)29(25(31)27-26(4,5)6)16-24(30)28-14-12-23-20(13-15-33-23)21(28)17-32-22-11-9-8-10-18(22)2/h8-11,13,15,19,21H,7,12,14,16-17H2,1-6H3,(H,27,31)/t19-,21+/m1/s1. The summed E-state index contributed by atoms with van der Waals surface area (Å²) in [6.07, 6.45) is 1.61. The van der Waals surface area contributed by atoms with Gasteiger partial charge in [0.15, 0.2) is 0 Å². The van der Waals surface area contributed by atoms with E-state index >= 15 is 0 Å². The zero-order valence-corrected chi connectivity index (χ0v) is 21.5. The molecule has 2 heterocycles. The minimum absolute atomic E-state index is 0.0422. The number of ether oxygens (including phenoxy) is 1. The Kier molecular flexibility index (Phi) is 8.05. The van der Waals surface area contributed by atoms with Crippen LogP contribution in [0.2, 0.25) is 0 Å². The second kappa shape index (κ2) is 10.6. The average molecular weight is 472 g/mol. The summed E-state index contributed by atoms with van der Waals surface area (Å²) in [4.78, 5) is 31.4. The minimum atomic E-state index is -0.369. The van der Waals surface area contributed by atoms with Crippen molar-refractivity contribution in [3.05, 3.63) is 51.7 Å². The van der Waals surface area contributed by atoms with Gasteiger partial charge < -0.3 is 19.9 Å². The molecule has 0 saturated carbocycles. The van der Waals surface area contributed by atoms with Crippen molar-refractivity contribution in [2.75, 3.05) is 19.7 Å². The second-order valence-electron chi connectivity index (χ2n) is 9.79. The van der Waals surface area contributed by atoms with Crippen LogP contribution in [0, 0.1) is 6.92 Å². The number of rotatable bonds is 7. The smallest absolute Gasteiger partial charge is 0.318 e. The largest absolute Gasteiger partial charge is 0.491 e. The molecule has 1 aromatic carbocycles. The maximum Gasteiger partial charge on any atom is 0.318 e. The summed E-state index contributed by atoms with van der Waals surface area (Å²) in [7, 11) is 0. The van der Waals surface area contributed by atoms with E-state index in [1.807, 2.05) is 70.7 Å². The molecule has 0 unspecified atom stereocenters. The first-order valence-corrected chi connectivity index (χ1v) is 12.6. The lowest BCUT2D eigenvalue weighted by Gasteiger charge is -2.38. The highest BCUT2D eigenvalue weighted by Crippen LogP contribution is 2.34. The van der Waals surface area contributed by atoms with Gasteiger partial charge in [-0.05, 0) is 76.1 Å². The normalized spacial score (nSPS) is 16.7. The number of nitrogens with zero attached hydrogens (tertiary/aromatic N) is 2. The molecule has 2 atom stereocenters. The quantitative estimate of drug-likeness (QED) is 0.606. The molecule has 3 amide bonds. The molecule has 1 N–H and O–H groups in total. The number of urea groups is 1. The minimum Gasteiger partial charge on any atom is -0.491 e. The molecule has 0 bridgehead atoms. The van der Waals surface area contributed by atoms with Gasteiger partial charge in [-0.25, -0.2) is 4.79 Å². The first-order valence-electron chi connectivity index (χ1n) is 11.7. The Morgan fingerprint density at radius 3 is 2.67 bits per heavy atom. The monoisotopic (exact) mass is 471 g/mol. The molecule has 2 aromatic rings. The Balaban J connectivity index is 1.80. The number of nitrogens with one attached hydrogen (secondary N) is 1. The number of thiophene rings is 1. The zero-order valence-electron chi connectivity index (χ0n) is 20.7. The van der Waals surface area contributed by atoms with E-state index < -0.39 is 0 Å². The van der Waals surface area contributed by atoms with Crippen LogP contribution >= 0.6 is 11.3 Å². The van der Waals surface area contributed by atoms with E-state index in [1.165, 1.54) is 4.88 Å². The van der Waals surface area contributed by atoms with Gasteiger partial charge in [-0.15, -0.1) is 11.3 Å². The van der Waals surface area contributed by atoms with E-state index in [0.717, 1.165) is 29.7 Å². The number of carbonyl (C=O) groups is 2. The Bertz CT molecular complexity index is 966. The van der Waals surface area contributed by atoms with Crippen molar-refractivity contribution in [1.82, 2.24) is 15.1 Å². The highest BCUT2D eigenvalue weighted by molar-refractivity contribution is 7.10. The van der Waals surface area contributed by atoms with E-state index in [0.29, 0.717) is 13.2 Å². The van der Waals surface area contributed by atoms with E-state index in [1.54, 1.807) is 16.2 Å². The molecule has 0 fully saturated rings. The van der Waals surface area contributed by atoms with Gasteiger partial charge in [-0.2, -0.15) is 0 Å². The van der Waals surface area contributed by atoms with Gasteiger partial charge in [0.2, 0.25) is 5.91 Å². The number of benzene rings is 1. The van der Waals surface area contributed by atoms with Crippen molar-refractivity contribution in [1.29, 1.82) is 0 Å². The van der Waals surface area contributed by atoms with Crippen LogP contribution in [-0.4, -0.2) is 53.0 Å². The summed E-state index contributed by atoms with van der Waals surface area (Å²) in [5.41, 5.74) is 1.85. The second-order valence-corrected chi connectivity index (χ2v) is 10.8. The van der Waals surface area contributed by atoms with Gasteiger partial charge in [0.25, 0.3) is 0 Å². The maximum absolute atomic E-state index is 13.6. The van der Waals surface area contributed by atoms with Crippen LogP contribution < -0.4 is 10.1 Å². The summed E-state index contributed by atoms with van der Waals surface area (Å²) in [5.74, 6) is 0.785. The number of amides is 3. The summed E-state index contributed by atoms with van der Waals surface area (Å²) in [6, 6.07) is 9.61. The lowest BCUT2D eigenvalue weighted by atomic mass is 10.00. The van der Waals surface area contributed by atoms with Crippen LogP contribution in [0.3, 0.4) is 0 Å². The van der Waals surface area contributed by atoms with Crippen LogP contribution in [0.15, 0.2) is 35.7 Å². The molecule has 1 aliphatic rings. The first kappa shape index (κ1) is 25.1. The molecule has 33 heavy (non-hydrogen) atoms. The molecule has 3 rings (SSSR count). The van der Waals surface area contributed by atoms with E-state index in [2.05, 4.69) is 16.8 Å². The molecular weight excluding hydrogens is 434 g/mol. The fourth-order valence-corrected chi connectivity index (χ4v) is 4.97. The van der Waals surface area contributed by atoms with Crippen LogP contribution in [0.1, 0.15) is 63.1 Å². The van der Waals surface area contributed by atoms with E-state index in [9.17, 15) is 9.59 Å². The fourth-order valence-electron chi connectivity index (χ4n) is 4.04. The fraction of sp³-hybridized carbons (Fsp3) is 0.538. The highest BCUT2D eigenvalue weighted by Gasteiger charge is 2.34. The van der Waals surface area contributed by atoms with Crippen LogP contribution in [0.25, 0.3) is 0 Å². The van der Waals surface area contributed by atoms with Crippen molar-refractivity contribution in [2.24, 2.45) is 0 Å².